The Balaban J connectivity index is 1.39. The quantitative estimate of drug-likeness (QED) is 0.351. The van der Waals surface area contributed by atoms with Gasteiger partial charge >= 0.3 is 0 Å². The lowest BCUT2D eigenvalue weighted by molar-refractivity contribution is 0.482. The molecule has 2 aromatic heterocycles. The number of pyridine rings is 1. The zero-order chi connectivity index (χ0) is 18.8. The summed E-state index contributed by atoms with van der Waals surface area (Å²) in [4.78, 5) is 0. The van der Waals surface area contributed by atoms with Gasteiger partial charge in [-0.05, 0) is 53.4 Å². The third kappa shape index (κ3) is 3.32. The van der Waals surface area contributed by atoms with Crippen molar-refractivity contribution in [2.24, 2.45) is 0 Å². The number of rotatable bonds is 5. The Kier molecular flexibility index (Phi) is 4.43. The van der Waals surface area contributed by atoms with Crippen LogP contribution >= 0.6 is 11.8 Å². The number of benzene rings is 3. The van der Waals surface area contributed by atoms with Crippen molar-refractivity contribution in [3.05, 3.63) is 96.6 Å². The highest BCUT2D eigenvalue weighted by atomic mass is 32.2. The predicted octanol–water partition coefficient (Wildman–Crippen LogP) is 5.97. The summed E-state index contributed by atoms with van der Waals surface area (Å²) in [6, 6.07) is 30.4. The minimum atomic E-state index is 0.788. The van der Waals surface area contributed by atoms with E-state index in [1.165, 1.54) is 10.9 Å². The van der Waals surface area contributed by atoms with Crippen LogP contribution in [0.3, 0.4) is 0 Å². The van der Waals surface area contributed by atoms with Gasteiger partial charge in [-0.3, -0.25) is 4.40 Å². The fraction of sp³-hybridized carbons (Fsp3) is 0.0435. The molecule has 5 aromatic rings. The third-order valence-corrected chi connectivity index (χ3v) is 5.49. The number of para-hydroxylation sites is 2. The number of ether oxygens (including phenoxy) is 1. The van der Waals surface area contributed by atoms with Gasteiger partial charge in [-0.2, -0.15) is 0 Å². The Labute approximate surface area is 166 Å². The van der Waals surface area contributed by atoms with E-state index in [-0.39, 0.29) is 0 Å². The lowest BCUT2D eigenvalue weighted by Gasteiger charge is -2.08. The van der Waals surface area contributed by atoms with Crippen molar-refractivity contribution >= 4 is 28.3 Å². The van der Waals surface area contributed by atoms with Gasteiger partial charge < -0.3 is 4.74 Å². The number of aromatic nitrogens is 3. The molecule has 2 heterocycles. The maximum atomic E-state index is 5.94. The van der Waals surface area contributed by atoms with Gasteiger partial charge in [0, 0.05) is 5.75 Å². The molecule has 0 aliphatic carbocycles. The lowest BCUT2D eigenvalue weighted by Crippen LogP contribution is -1.91. The monoisotopic (exact) mass is 383 g/mol. The molecule has 0 fully saturated rings. The summed E-state index contributed by atoms with van der Waals surface area (Å²) in [6.07, 6.45) is 0. The molecule has 3 aromatic carbocycles. The van der Waals surface area contributed by atoms with E-state index in [0.29, 0.717) is 0 Å². The van der Waals surface area contributed by atoms with Gasteiger partial charge in [0.05, 0.1) is 5.52 Å². The first-order valence-corrected chi connectivity index (χ1v) is 10.0. The van der Waals surface area contributed by atoms with Crippen molar-refractivity contribution in [1.82, 2.24) is 14.6 Å². The molecule has 0 saturated carbocycles. The van der Waals surface area contributed by atoms with Crippen LogP contribution in [0.4, 0.5) is 0 Å². The molecule has 5 heteroatoms. The van der Waals surface area contributed by atoms with Crippen molar-refractivity contribution in [1.29, 1.82) is 0 Å². The average Bonchev–Trinajstić information content (AvgIpc) is 3.17. The van der Waals surface area contributed by atoms with E-state index < -0.39 is 0 Å². The maximum absolute atomic E-state index is 5.94. The van der Waals surface area contributed by atoms with E-state index in [4.69, 9.17) is 4.74 Å². The summed E-state index contributed by atoms with van der Waals surface area (Å²) in [7, 11) is 0. The second kappa shape index (κ2) is 7.37. The van der Waals surface area contributed by atoms with E-state index in [1.54, 1.807) is 11.8 Å². The molecule has 28 heavy (non-hydrogen) atoms. The summed E-state index contributed by atoms with van der Waals surface area (Å²) in [5.74, 6) is 2.46. The van der Waals surface area contributed by atoms with Crippen LogP contribution in [0.5, 0.6) is 11.5 Å². The molecule has 5 rings (SSSR count). The second-order valence-corrected chi connectivity index (χ2v) is 7.36. The lowest BCUT2D eigenvalue weighted by atomic mass is 10.2. The van der Waals surface area contributed by atoms with Crippen molar-refractivity contribution in [2.75, 3.05) is 0 Å². The van der Waals surface area contributed by atoms with Gasteiger partial charge in [0.15, 0.2) is 10.8 Å². The van der Waals surface area contributed by atoms with Gasteiger partial charge in [0.1, 0.15) is 11.5 Å². The number of nitrogens with zero attached hydrogens (tertiary/aromatic N) is 3. The van der Waals surface area contributed by atoms with Crippen LogP contribution in [0, 0.1) is 0 Å². The summed E-state index contributed by atoms with van der Waals surface area (Å²) in [6.45, 7) is 0. The van der Waals surface area contributed by atoms with Crippen LogP contribution < -0.4 is 4.74 Å². The number of thioether (sulfide) groups is 1. The highest BCUT2D eigenvalue weighted by molar-refractivity contribution is 7.98. The summed E-state index contributed by atoms with van der Waals surface area (Å²) >= 11 is 1.67. The molecule has 4 nitrogen and oxygen atoms in total. The molecule has 0 aliphatic rings. The number of fused-ring (bicyclic) bond motifs is 3. The molecule has 0 saturated heterocycles. The Morgan fingerprint density at radius 1 is 0.750 bits per heavy atom. The first kappa shape index (κ1) is 16.8. The van der Waals surface area contributed by atoms with Crippen molar-refractivity contribution < 1.29 is 4.74 Å². The van der Waals surface area contributed by atoms with Crippen LogP contribution in [-0.2, 0) is 5.75 Å². The molecule has 0 aliphatic heterocycles. The van der Waals surface area contributed by atoms with E-state index in [0.717, 1.165) is 33.6 Å². The third-order valence-electron chi connectivity index (χ3n) is 4.49. The normalized spacial score (nSPS) is 11.1. The largest absolute Gasteiger partial charge is 0.457 e. The number of hydrogen-bond donors (Lipinski definition) is 0. The van der Waals surface area contributed by atoms with Gasteiger partial charge in [-0.1, -0.05) is 60.3 Å². The summed E-state index contributed by atoms with van der Waals surface area (Å²) in [5, 5.41) is 10.8. The Morgan fingerprint density at radius 3 is 2.50 bits per heavy atom. The topological polar surface area (TPSA) is 39.4 Å². The average molecular weight is 383 g/mol. The predicted molar refractivity (Wildman–Crippen MR) is 113 cm³/mol. The molecule has 0 atom stereocenters. The molecule has 0 amide bonds. The van der Waals surface area contributed by atoms with Crippen molar-refractivity contribution in [2.45, 2.75) is 10.9 Å². The summed E-state index contributed by atoms with van der Waals surface area (Å²) in [5.41, 5.74) is 3.16. The van der Waals surface area contributed by atoms with E-state index in [9.17, 15) is 0 Å². The smallest absolute Gasteiger partial charge is 0.196 e. The zero-order valence-electron chi connectivity index (χ0n) is 15.0. The maximum Gasteiger partial charge on any atom is 0.196 e. The van der Waals surface area contributed by atoms with Crippen LogP contribution in [0.15, 0.2) is 96.2 Å². The molecule has 136 valence electrons. The van der Waals surface area contributed by atoms with E-state index >= 15 is 0 Å². The molecule has 0 spiro atoms. The number of hydrogen-bond acceptors (Lipinski definition) is 4. The molecule has 0 radical (unpaired) electrons. The fourth-order valence-electron chi connectivity index (χ4n) is 3.18. The fourth-order valence-corrected chi connectivity index (χ4v) is 4.07. The van der Waals surface area contributed by atoms with Crippen LogP contribution in [0.25, 0.3) is 16.6 Å². The highest BCUT2D eigenvalue weighted by Gasteiger charge is 2.10. The van der Waals surface area contributed by atoms with Gasteiger partial charge in [0.2, 0.25) is 0 Å². The highest BCUT2D eigenvalue weighted by Crippen LogP contribution is 2.28. The van der Waals surface area contributed by atoms with Gasteiger partial charge in [-0.15, -0.1) is 10.2 Å². The van der Waals surface area contributed by atoms with Crippen LogP contribution in [0.2, 0.25) is 0 Å². The first-order chi connectivity index (χ1) is 13.9. The SMILES string of the molecule is c1ccc(Oc2cccc(CSc3nnc4ccc5ccccc5n34)c2)cc1. The van der Waals surface area contributed by atoms with Gasteiger partial charge in [0.25, 0.3) is 0 Å². The Hall–Kier alpha value is -3.31. The zero-order valence-corrected chi connectivity index (χ0v) is 15.8. The minimum Gasteiger partial charge on any atom is -0.457 e. The van der Waals surface area contributed by atoms with Crippen molar-refractivity contribution in [3.8, 4) is 11.5 Å². The molecule has 0 N–H and O–H groups in total. The van der Waals surface area contributed by atoms with Crippen LogP contribution in [0.1, 0.15) is 5.56 Å². The Morgan fingerprint density at radius 2 is 1.57 bits per heavy atom. The standard InChI is InChI=1S/C23H17N3OS/c1-2-9-19(10-3-1)27-20-11-6-7-17(15-20)16-28-23-25-24-22-14-13-18-8-4-5-12-21(18)26(22)23/h1-15H,16H2. The molecule has 0 bridgehead atoms. The first-order valence-electron chi connectivity index (χ1n) is 9.04. The van der Waals surface area contributed by atoms with Gasteiger partial charge in [-0.25, -0.2) is 0 Å². The summed E-state index contributed by atoms with van der Waals surface area (Å²) < 4.78 is 8.06. The minimum absolute atomic E-state index is 0.788. The molecular weight excluding hydrogens is 366 g/mol. The second-order valence-electron chi connectivity index (χ2n) is 6.42. The molecular formula is C23H17N3OS. The van der Waals surface area contributed by atoms with Crippen molar-refractivity contribution in [3.63, 3.8) is 0 Å². The van der Waals surface area contributed by atoms with E-state index in [1.807, 2.05) is 60.7 Å². The Bertz CT molecular complexity index is 1250. The molecule has 0 unspecified atom stereocenters. The van der Waals surface area contributed by atoms with Crippen LogP contribution in [-0.4, -0.2) is 14.6 Å². The van der Waals surface area contributed by atoms with E-state index in [2.05, 4.69) is 44.9 Å².